The molecular formula is C23H17FN2O4. The third kappa shape index (κ3) is 3.91. The number of nitrogens with zero attached hydrogens (tertiary/aromatic N) is 1. The number of rotatable bonds is 5. The van der Waals surface area contributed by atoms with Gasteiger partial charge in [0.05, 0.1) is 12.1 Å². The molecule has 3 aromatic carbocycles. The summed E-state index contributed by atoms with van der Waals surface area (Å²) < 4.78 is 19.8. The minimum absolute atomic E-state index is 0.0580. The highest BCUT2D eigenvalue weighted by Gasteiger charge is 2.14. The number of hydrogen-bond donors (Lipinski definition) is 1. The van der Waals surface area contributed by atoms with E-state index in [-0.39, 0.29) is 24.1 Å². The SMILES string of the molecule is CC(=O)c1ccc(NC(=O)c2ccc3oc(=O)n(Cc4ccc(F)cc4)c3c2)cc1. The number of fused-ring (bicyclic) bond motifs is 1. The van der Waals surface area contributed by atoms with Crippen LogP contribution >= 0.6 is 0 Å². The molecule has 0 saturated carbocycles. The van der Waals surface area contributed by atoms with Gasteiger partial charge >= 0.3 is 5.76 Å². The Labute approximate surface area is 170 Å². The Bertz CT molecular complexity index is 1300. The van der Waals surface area contributed by atoms with Gasteiger partial charge in [0, 0.05) is 16.8 Å². The van der Waals surface area contributed by atoms with E-state index in [9.17, 15) is 18.8 Å². The first kappa shape index (κ1) is 19.3. The fourth-order valence-corrected chi connectivity index (χ4v) is 3.12. The molecule has 0 fully saturated rings. The Hall–Kier alpha value is -4.00. The second-order valence-corrected chi connectivity index (χ2v) is 6.85. The number of aromatic nitrogens is 1. The van der Waals surface area contributed by atoms with Crippen molar-refractivity contribution in [1.82, 2.24) is 4.57 Å². The molecule has 1 heterocycles. The highest BCUT2D eigenvalue weighted by atomic mass is 19.1. The Morgan fingerprint density at radius 3 is 2.30 bits per heavy atom. The zero-order valence-electron chi connectivity index (χ0n) is 16.0. The van der Waals surface area contributed by atoms with E-state index in [1.54, 1.807) is 54.6 Å². The standard InChI is InChI=1S/C23H17FN2O4/c1-14(27)16-4-9-19(10-5-16)25-22(28)17-6-11-21-20(12-17)26(23(29)30-21)13-15-2-7-18(24)8-3-15/h2-12H,13H2,1H3,(H,25,28). The third-order valence-corrected chi connectivity index (χ3v) is 4.73. The highest BCUT2D eigenvalue weighted by Crippen LogP contribution is 2.18. The molecule has 0 aliphatic rings. The molecule has 4 aromatic rings. The van der Waals surface area contributed by atoms with Crippen LogP contribution in [-0.4, -0.2) is 16.3 Å². The fraction of sp³-hybridized carbons (Fsp3) is 0.0870. The van der Waals surface area contributed by atoms with Crippen LogP contribution in [0.5, 0.6) is 0 Å². The van der Waals surface area contributed by atoms with Gasteiger partial charge < -0.3 is 9.73 Å². The summed E-state index contributed by atoms with van der Waals surface area (Å²) in [6.45, 7) is 1.66. The van der Waals surface area contributed by atoms with Crippen LogP contribution in [-0.2, 0) is 6.54 Å². The summed E-state index contributed by atoms with van der Waals surface area (Å²) in [4.78, 5) is 36.3. The van der Waals surface area contributed by atoms with E-state index in [0.717, 1.165) is 5.56 Å². The lowest BCUT2D eigenvalue weighted by atomic mass is 10.1. The van der Waals surface area contributed by atoms with E-state index in [2.05, 4.69) is 5.32 Å². The Kier molecular flexibility index (Phi) is 5.02. The van der Waals surface area contributed by atoms with E-state index in [1.807, 2.05) is 0 Å². The predicted octanol–water partition coefficient (Wildman–Crippen LogP) is 4.24. The van der Waals surface area contributed by atoms with E-state index < -0.39 is 5.76 Å². The van der Waals surface area contributed by atoms with Crippen molar-refractivity contribution in [3.8, 4) is 0 Å². The maximum absolute atomic E-state index is 13.1. The van der Waals surface area contributed by atoms with E-state index in [4.69, 9.17) is 4.42 Å². The van der Waals surface area contributed by atoms with Gasteiger partial charge in [0.15, 0.2) is 11.4 Å². The first-order valence-corrected chi connectivity index (χ1v) is 9.21. The topological polar surface area (TPSA) is 81.3 Å². The number of hydrogen-bond acceptors (Lipinski definition) is 4. The summed E-state index contributed by atoms with van der Waals surface area (Å²) in [5.74, 6) is -1.35. The zero-order chi connectivity index (χ0) is 21.3. The molecular weight excluding hydrogens is 387 g/mol. The number of oxazole rings is 1. The van der Waals surface area contributed by atoms with Crippen molar-refractivity contribution in [2.45, 2.75) is 13.5 Å². The number of carbonyl (C=O) groups excluding carboxylic acids is 2. The van der Waals surface area contributed by atoms with Crippen LogP contribution in [0.2, 0.25) is 0 Å². The molecule has 150 valence electrons. The number of Topliss-reactive ketones (excluding diaryl/α,β-unsaturated/α-hetero) is 1. The number of carbonyl (C=O) groups is 2. The molecule has 30 heavy (non-hydrogen) atoms. The van der Waals surface area contributed by atoms with Gasteiger partial charge in [-0.2, -0.15) is 0 Å². The molecule has 0 bridgehead atoms. The molecule has 0 unspecified atom stereocenters. The summed E-state index contributed by atoms with van der Waals surface area (Å²) in [6.07, 6.45) is 0. The van der Waals surface area contributed by atoms with Crippen LogP contribution < -0.4 is 11.1 Å². The molecule has 0 aliphatic heterocycles. The normalized spacial score (nSPS) is 10.9. The second kappa shape index (κ2) is 7.79. The van der Waals surface area contributed by atoms with Gasteiger partial charge in [0.2, 0.25) is 0 Å². The summed E-state index contributed by atoms with van der Waals surface area (Å²) in [5, 5.41) is 2.76. The lowest BCUT2D eigenvalue weighted by Gasteiger charge is -2.07. The van der Waals surface area contributed by atoms with Gasteiger partial charge in [-0.25, -0.2) is 9.18 Å². The molecule has 4 rings (SSSR count). The minimum atomic E-state index is -0.563. The maximum Gasteiger partial charge on any atom is 0.420 e. The second-order valence-electron chi connectivity index (χ2n) is 6.85. The van der Waals surface area contributed by atoms with Crippen LogP contribution in [0.3, 0.4) is 0 Å². The molecule has 1 amide bonds. The van der Waals surface area contributed by atoms with Crippen molar-refractivity contribution in [2.75, 3.05) is 5.32 Å². The maximum atomic E-state index is 13.1. The van der Waals surface area contributed by atoms with E-state index >= 15 is 0 Å². The lowest BCUT2D eigenvalue weighted by Crippen LogP contribution is -2.15. The van der Waals surface area contributed by atoms with Crippen LogP contribution in [0.4, 0.5) is 10.1 Å². The predicted molar refractivity (Wildman–Crippen MR) is 110 cm³/mol. The lowest BCUT2D eigenvalue weighted by molar-refractivity contribution is 0.101. The van der Waals surface area contributed by atoms with E-state index in [0.29, 0.717) is 27.9 Å². The van der Waals surface area contributed by atoms with Gasteiger partial charge in [-0.05, 0) is 67.1 Å². The van der Waals surface area contributed by atoms with Crippen molar-refractivity contribution in [3.05, 3.63) is 99.8 Å². The number of ketones is 1. The molecule has 0 saturated heterocycles. The smallest absolute Gasteiger partial charge is 0.408 e. The van der Waals surface area contributed by atoms with Crippen molar-refractivity contribution >= 4 is 28.5 Å². The molecule has 0 atom stereocenters. The summed E-state index contributed by atoms with van der Waals surface area (Å²) in [6, 6.07) is 17.1. The number of amides is 1. The molecule has 1 N–H and O–H groups in total. The Morgan fingerprint density at radius 2 is 1.63 bits per heavy atom. The van der Waals surface area contributed by atoms with Crippen LogP contribution in [0, 0.1) is 5.82 Å². The van der Waals surface area contributed by atoms with Crippen molar-refractivity contribution in [3.63, 3.8) is 0 Å². The Balaban J connectivity index is 1.61. The number of halogens is 1. The van der Waals surface area contributed by atoms with Crippen LogP contribution in [0.15, 0.2) is 75.9 Å². The van der Waals surface area contributed by atoms with Crippen LogP contribution in [0.1, 0.15) is 33.2 Å². The molecule has 7 heteroatoms. The van der Waals surface area contributed by atoms with Gasteiger partial charge in [0.25, 0.3) is 5.91 Å². The first-order chi connectivity index (χ1) is 14.4. The van der Waals surface area contributed by atoms with Gasteiger partial charge in [-0.3, -0.25) is 14.2 Å². The summed E-state index contributed by atoms with van der Waals surface area (Å²) in [5.41, 5.74) is 2.97. The molecule has 1 aromatic heterocycles. The summed E-state index contributed by atoms with van der Waals surface area (Å²) >= 11 is 0. The quantitative estimate of drug-likeness (QED) is 0.505. The largest absolute Gasteiger partial charge is 0.420 e. The molecule has 6 nitrogen and oxygen atoms in total. The first-order valence-electron chi connectivity index (χ1n) is 9.21. The number of anilines is 1. The van der Waals surface area contributed by atoms with Gasteiger partial charge in [0.1, 0.15) is 5.82 Å². The van der Waals surface area contributed by atoms with E-state index in [1.165, 1.54) is 23.6 Å². The van der Waals surface area contributed by atoms with Crippen molar-refractivity contribution in [1.29, 1.82) is 0 Å². The van der Waals surface area contributed by atoms with Gasteiger partial charge in [-0.15, -0.1) is 0 Å². The average molecular weight is 404 g/mol. The fourth-order valence-electron chi connectivity index (χ4n) is 3.12. The molecule has 0 radical (unpaired) electrons. The monoisotopic (exact) mass is 404 g/mol. The molecule has 0 spiro atoms. The Morgan fingerprint density at radius 1 is 0.967 bits per heavy atom. The van der Waals surface area contributed by atoms with Crippen molar-refractivity contribution in [2.24, 2.45) is 0 Å². The van der Waals surface area contributed by atoms with Crippen molar-refractivity contribution < 1.29 is 18.4 Å². The minimum Gasteiger partial charge on any atom is -0.408 e. The van der Waals surface area contributed by atoms with Crippen LogP contribution in [0.25, 0.3) is 11.1 Å². The summed E-state index contributed by atoms with van der Waals surface area (Å²) in [7, 11) is 0. The number of benzene rings is 3. The zero-order valence-corrected chi connectivity index (χ0v) is 16.0. The number of nitrogens with one attached hydrogen (secondary N) is 1. The molecule has 0 aliphatic carbocycles. The average Bonchev–Trinajstić information content (AvgIpc) is 3.04. The highest BCUT2D eigenvalue weighted by molar-refractivity contribution is 6.06. The third-order valence-electron chi connectivity index (χ3n) is 4.73. The van der Waals surface area contributed by atoms with Gasteiger partial charge in [-0.1, -0.05) is 12.1 Å².